The molecule has 0 fully saturated rings. The highest BCUT2D eigenvalue weighted by atomic mass is 16.1. The minimum atomic E-state index is -0.213. The largest absolute Gasteiger partial charge is 0.348 e. The number of carbonyl (C=O) groups excluding carboxylic acids is 1. The minimum Gasteiger partial charge on any atom is -0.348 e. The van der Waals surface area contributed by atoms with Crippen LogP contribution in [0.15, 0.2) is 96.4 Å². The summed E-state index contributed by atoms with van der Waals surface area (Å²) in [5.74, 6) is 0.188. The van der Waals surface area contributed by atoms with Gasteiger partial charge in [0, 0.05) is 41.7 Å². The Hall–Kier alpha value is -4.19. The molecule has 0 bridgehead atoms. The van der Waals surface area contributed by atoms with Gasteiger partial charge in [-0.3, -0.25) is 15.1 Å². The molecule has 0 saturated heterocycles. The summed E-state index contributed by atoms with van der Waals surface area (Å²) < 4.78 is 0. The van der Waals surface area contributed by atoms with Crippen LogP contribution in [0.25, 0.3) is 11.1 Å². The van der Waals surface area contributed by atoms with Crippen LogP contribution >= 0.6 is 0 Å². The van der Waals surface area contributed by atoms with Crippen molar-refractivity contribution in [1.82, 2.24) is 15.3 Å². The van der Waals surface area contributed by atoms with Crippen molar-refractivity contribution in [2.75, 3.05) is 11.9 Å². The van der Waals surface area contributed by atoms with Crippen molar-refractivity contribution in [3.8, 4) is 11.1 Å². The number of aryl methyl sites for hydroxylation is 1. The second-order valence-corrected chi connectivity index (χ2v) is 7.41. The summed E-state index contributed by atoms with van der Waals surface area (Å²) in [5.41, 5.74) is 5.64. The fourth-order valence-electron chi connectivity index (χ4n) is 3.29. The van der Waals surface area contributed by atoms with Crippen LogP contribution in [0.2, 0.25) is 0 Å². The van der Waals surface area contributed by atoms with Crippen molar-refractivity contribution < 1.29 is 4.79 Å². The molecule has 160 valence electrons. The molecule has 4 rings (SSSR count). The number of aromatic amines is 1. The van der Waals surface area contributed by atoms with Crippen molar-refractivity contribution in [2.45, 2.75) is 13.3 Å². The van der Waals surface area contributed by atoms with Gasteiger partial charge < -0.3 is 10.3 Å². The van der Waals surface area contributed by atoms with Crippen LogP contribution in [-0.4, -0.2) is 28.4 Å². The van der Waals surface area contributed by atoms with Gasteiger partial charge in [-0.1, -0.05) is 66.2 Å². The third kappa shape index (κ3) is 5.49. The quantitative estimate of drug-likeness (QED) is 0.307. The SMILES string of the molecule is Cc1ccc(C(=O)NC(=NCCc2cnc[nH]2)Nc2ccccc2-c2ccccc2)cc1. The third-order valence-corrected chi connectivity index (χ3v) is 5.02. The fraction of sp³-hybridized carbons (Fsp3) is 0.115. The Balaban J connectivity index is 1.58. The molecule has 0 spiro atoms. The van der Waals surface area contributed by atoms with E-state index >= 15 is 0 Å². The van der Waals surface area contributed by atoms with Crippen LogP contribution in [-0.2, 0) is 6.42 Å². The topological polar surface area (TPSA) is 82.2 Å². The van der Waals surface area contributed by atoms with Crippen LogP contribution < -0.4 is 10.6 Å². The fourth-order valence-corrected chi connectivity index (χ4v) is 3.29. The smallest absolute Gasteiger partial charge is 0.257 e. The highest BCUT2D eigenvalue weighted by Crippen LogP contribution is 2.27. The van der Waals surface area contributed by atoms with Gasteiger partial charge in [0.25, 0.3) is 5.91 Å². The second-order valence-electron chi connectivity index (χ2n) is 7.41. The second kappa shape index (κ2) is 10.2. The predicted octanol–water partition coefficient (Wildman–Crippen LogP) is 4.83. The Morgan fingerprint density at radius 3 is 2.47 bits per heavy atom. The molecule has 3 aromatic carbocycles. The summed E-state index contributed by atoms with van der Waals surface area (Å²) in [6.45, 7) is 2.48. The van der Waals surface area contributed by atoms with Crippen LogP contribution in [0, 0.1) is 6.92 Å². The molecule has 0 aliphatic rings. The van der Waals surface area contributed by atoms with Gasteiger partial charge in [0.1, 0.15) is 0 Å². The van der Waals surface area contributed by atoms with Crippen molar-refractivity contribution in [2.24, 2.45) is 4.99 Å². The Morgan fingerprint density at radius 2 is 1.72 bits per heavy atom. The minimum absolute atomic E-state index is 0.213. The van der Waals surface area contributed by atoms with E-state index in [-0.39, 0.29) is 5.91 Å². The van der Waals surface area contributed by atoms with E-state index in [9.17, 15) is 4.79 Å². The zero-order valence-electron chi connectivity index (χ0n) is 17.9. The monoisotopic (exact) mass is 423 g/mol. The summed E-state index contributed by atoms with van der Waals surface area (Å²) in [6.07, 6.45) is 4.11. The van der Waals surface area contributed by atoms with Crippen LogP contribution in [0.5, 0.6) is 0 Å². The molecule has 1 amide bonds. The summed E-state index contributed by atoms with van der Waals surface area (Å²) >= 11 is 0. The Kier molecular flexibility index (Phi) is 6.72. The van der Waals surface area contributed by atoms with Gasteiger partial charge in [0.2, 0.25) is 5.96 Å². The molecular formula is C26H25N5O. The first-order chi connectivity index (χ1) is 15.7. The van der Waals surface area contributed by atoms with E-state index in [0.29, 0.717) is 24.5 Å². The lowest BCUT2D eigenvalue weighted by atomic mass is 10.0. The summed E-state index contributed by atoms with van der Waals surface area (Å²) in [5, 5.41) is 6.26. The average Bonchev–Trinajstić information content (AvgIpc) is 3.34. The number of para-hydroxylation sites is 1. The lowest BCUT2D eigenvalue weighted by Crippen LogP contribution is -2.36. The maximum absolute atomic E-state index is 12.9. The molecule has 4 aromatic rings. The molecule has 32 heavy (non-hydrogen) atoms. The number of hydrogen-bond donors (Lipinski definition) is 3. The Bertz CT molecular complexity index is 1180. The van der Waals surface area contributed by atoms with Crippen LogP contribution in [0.3, 0.4) is 0 Å². The molecule has 1 heterocycles. The summed E-state index contributed by atoms with van der Waals surface area (Å²) in [7, 11) is 0. The number of guanidine groups is 1. The van der Waals surface area contributed by atoms with Gasteiger partial charge >= 0.3 is 0 Å². The van der Waals surface area contributed by atoms with Crippen molar-refractivity contribution >= 4 is 17.6 Å². The molecule has 0 unspecified atom stereocenters. The van der Waals surface area contributed by atoms with Gasteiger partial charge in [0.15, 0.2) is 0 Å². The van der Waals surface area contributed by atoms with Crippen molar-refractivity contribution in [1.29, 1.82) is 0 Å². The first kappa shape index (κ1) is 21.1. The third-order valence-electron chi connectivity index (χ3n) is 5.02. The number of rotatable bonds is 6. The van der Waals surface area contributed by atoms with E-state index in [1.807, 2.05) is 73.7 Å². The zero-order chi connectivity index (χ0) is 22.2. The number of H-pyrrole nitrogens is 1. The maximum atomic E-state index is 12.9. The van der Waals surface area contributed by atoms with Crippen LogP contribution in [0.4, 0.5) is 5.69 Å². The molecule has 0 saturated carbocycles. The van der Waals surface area contributed by atoms with E-state index < -0.39 is 0 Å². The number of amides is 1. The van der Waals surface area contributed by atoms with Crippen molar-refractivity contribution in [3.63, 3.8) is 0 Å². The highest BCUT2D eigenvalue weighted by molar-refractivity contribution is 6.10. The van der Waals surface area contributed by atoms with Gasteiger partial charge in [-0.2, -0.15) is 0 Å². The summed E-state index contributed by atoms with van der Waals surface area (Å²) in [6, 6.07) is 25.5. The van der Waals surface area contributed by atoms with Gasteiger partial charge in [-0.15, -0.1) is 0 Å². The first-order valence-corrected chi connectivity index (χ1v) is 10.5. The zero-order valence-corrected chi connectivity index (χ0v) is 17.9. The Labute approximate surface area is 187 Å². The van der Waals surface area contributed by atoms with E-state index in [1.54, 1.807) is 12.5 Å². The first-order valence-electron chi connectivity index (χ1n) is 10.5. The van der Waals surface area contributed by atoms with Gasteiger partial charge in [-0.25, -0.2) is 4.98 Å². The number of nitrogens with zero attached hydrogens (tertiary/aromatic N) is 2. The lowest BCUT2D eigenvalue weighted by molar-refractivity contribution is 0.0977. The number of carbonyl (C=O) groups is 1. The van der Waals surface area contributed by atoms with Crippen molar-refractivity contribution in [3.05, 3.63) is 108 Å². The van der Waals surface area contributed by atoms with E-state index in [0.717, 1.165) is 28.1 Å². The number of aliphatic imine (C=N–C) groups is 1. The number of nitrogens with one attached hydrogen (secondary N) is 3. The molecule has 0 aliphatic heterocycles. The highest BCUT2D eigenvalue weighted by Gasteiger charge is 2.12. The van der Waals surface area contributed by atoms with Crippen LogP contribution in [0.1, 0.15) is 21.6 Å². The van der Waals surface area contributed by atoms with E-state index in [1.165, 1.54) is 0 Å². The molecule has 1 aromatic heterocycles. The van der Waals surface area contributed by atoms with Gasteiger partial charge in [0.05, 0.1) is 6.33 Å². The number of benzene rings is 3. The molecule has 0 radical (unpaired) electrons. The number of hydrogen-bond acceptors (Lipinski definition) is 3. The summed E-state index contributed by atoms with van der Waals surface area (Å²) in [4.78, 5) is 24.6. The normalized spacial score (nSPS) is 11.2. The predicted molar refractivity (Wildman–Crippen MR) is 129 cm³/mol. The average molecular weight is 424 g/mol. The molecular weight excluding hydrogens is 398 g/mol. The molecule has 0 aliphatic carbocycles. The standard InChI is InChI=1S/C26H25N5O/c1-19-11-13-21(14-12-19)25(32)31-26(28-16-15-22-17-27-18-29-22)30-24-10-6-5-9-23(24)20-7-3-2-4-8-20/h2-14,17-18H,15-16H2,1H3,(H,27,29)(H2,28,30,31,32). The van der Waals surface area contributed by atoms with E-state index in [2.05, 4.69) is 37.7 Å². The van der Waals surface area contributed by atoms with Gasteiger partial charge in [-0.05, 0) is 30.7 Å². The number of aromatic nitrogens is 2. The maximum Gasteiger partial charge on any atom is 0.257 e. The van der Waals surface area contributed by atoms with E-state index in [4.69, 9.17) is 0 Å². The molecule has 6 nitrogen and oxygen atoms in total. The molecule has 3 N–H and O–H groups in total. The number of imidazole rings is 1. The Morgan fingerprint density at radius 1 is 0.969 bits per heavy atom. The molecule has 6 heteroatoms. The number of anilines is 1. The molecule has 0 atom stereocenters. The lowest BCUT2D eigenvalue weighted by Gasteiger charge is -2.15.